The topological polar surface area (TPSA) is 84.6 Å². The lowest BCUT2D eigenvalue weighted by Gasteiger charge is -2.35. The summed E-state index contributed by atoms with van der Waals surface area (Å²) in [4.78, 5) is 28.7. The summed E-state index contributed by atoms with van der Waals surface area (Å²) >= 11 is 0. The number of nitrogens with zero attached hydrogens (tertiary/aromatic N) is 3. The van der Waals surface area contributed by atoms with Gasteiger partial charge in [-0.15, -0.1) is 0 Å². The van der Waals surface area contributed by atoms with Crippen LogP contribution in [0.5, 0.6) is 0 Å². The molecular formula is C27H25N3O3. The Balaban J connectivity index is 1.29. The van der Waals surface area contributed by atoms with E-state index in [0.29, 0.717) is 51.0 Å². The average Bonchev–Trinajstić information content (AvgIpc) is 3.62. The number of hydrogen-bond donors (Lipinski definition) is 1. The van der Waals surface area contributed by atoms with E-state index in [2.05, 4.69) is 24.3 Å². The highest BCUT2D eigenvalue weighted by Gasteiger charge is 2.50. The van der Waals surface area contributed by atoms with Gasteiger partial charge in [-0.05, 0) is 58.5 Å². The van der Waals surface area contributed by atoms with Gasteiger partial charge in [-0.25, -0.2) is 0 Å². The molecule has 1 heterocycles. The number of amides is 2. The van der Waals surface area contributed by atoms with Crippen molar-refractivity contribution in [3.8, 4) is 17.2 Å². The molecule has 5 rings (SSSR count). The lowest BCUT2D eigenvalue weighted by atomic mass is 9.96. The molecule has 3 aromatic carbocycles. The largest absolute Gasteiger partial charge is 0.380 e. The van der Waals surface area contributed by atoms with Crippen molar-refractivity contribution in [2.75, 3.05) is 26.2 Å². The number of rotatable bonds is 4. The zero-order valence-electron chi connectivity index (χ0n) is 18.3. The van der Waals surface area contributed by atoms with Crippen molar-refractivity contribution in [2.24, 2.45) is 0 Å². The van der Waals surface area contributed by atoms with Gasteiger partial charge in [0.15, 0.2) is 0 Å². The Morgan fingerprint density at radius 2 is 1.58 bits per heavy atom. The number of aliphatic hydroxyl groups is 1. The molecule has 166 valence electrons. The van der Waals surface area contributed by atoms with Crippen LogP contribution in [0.1, 0.15) is 28.8 Å². The van der Waals surface area contributed by atoms with Crippen molar-refractivity contribution >= 4 is 22.6 Å². The quantitative estimate of drug-likeness (QED) is 0.675. The monoisotopic (exact) mass is 439 g/mol. The van der Waals surface area contributed by atoms with Crippen molar-refractivity contribution in [1.82, 2.24) is 9.80 Å². The van der Waals surface area contributed by atoms with E-state index in [-0.39, 0.29) is 11.8 Å². The van der Waals surface area contributed by atoms with E-state index in [1.165, 1.54) is 0 Å². The molecular weight excluding hydrogens is 414 g/mol. The van der Waals surface area contributed by atoms with Gasteiger partial charge in [0.1, 0.15) is 5.60 Å². The van der Waals surface area contributed by atoms with Gasteiger partial charge in [-0.1, -0.05) is 42.5 Å². The lowest BCUT2D eigenvalue weighted by molar-refractivity contribution is -0.143. The van der Waals surface area contributed by atoms with Gasteiger partial charge in [-0.2, -0.15) is 5.26 Å². The molecule has 1 aliphatic heterocycles. The third-order valence-electron chi connectivity index (χ3n) is 6.68. The second kappa shape index (κ2) is 8.34. The minimum Gasteiger partial charge on any atom is -0.380 e. The average molecular weight is 440 g/mol. The number of carbonyl (C=O) groups excluding carboxylic acids is 2. The van der Waals surface area contributed by atoms with E-state index in [1.807, 2.05) is 42.5 Å². The first-order valence-electron chi connectivity index (χ1n) is 11.3. The first-order chi connectivity index (χ1) is 16.0. The molecule has 0 radical (unpaired) electrons. The fourth-order valence-electron chi connectivity index (χ4n) is 4.48. The summed E-state index contributed by atoms with van der Waals surface area (Å²) < 4.78 is 0. The molecule has 2 amide bonds. The maximum atomic E-state index is 13.0. The number of hydrogen-bond acceptors (Lipinski definition) is 4. The van der Waals surface area contributed by atoms with Gasteiger partial charge in [0.2, 0.25) is 0 Å². The molecule has 0 bridgehead atoms. The predicted molar refractivity (Wildman–Crippen MR) is 125 cm³/mol. The van der Waals surface area contributed by atoms with E-state index in [9.17, 15) is 14.7 Å². The van der Waals surface area contributed by atoms with Crippen LogP contribution in [-0.4, -0.2) is 58.5 Å². The van der Waals surface area contributed by atoms with Gasteiger partial charge in [0.25, 0.3) is 11.8 Å². The van der Waals surface area contributed by atoms with Crippen molar-refractivity contribution in [3.05, 3.63) is 71.8 Å². The minimum absolute atomic E-state index is 0.0476. The second-order valence-corrected chi connectivity index (χ2v) is 8.88. The molecule has 1 saturated heterocycles. The molecule has 6 heteroatoms. The molecule has 0 spiro atoms. The zero-order valence-corrected chi connectivity index (χ0v) is 18.3. The number of nitriles is 1. The molecule has 0 atom stereocenters. The van der Waals surface area contributed by atoms with Crippen molar-refractivity contribution < 1.29 is 14.7 Å². The van der Waals surface area contributed by atoms with Gasteiger partial charge >= 0.3 is 0 Å². The predicted octanol–water partition coefficient (Wildman–Crippen LogP) is 3.38. The summed E-state index contributed by atoms with van der Waals surface area (Å²) in [5.41, 5.74) is 2.52. The van der Waals surface area contributed by atoms with Crippen LogP contribution >= 0.6 is 0 Å². The van der Waals surface area contributed by atoms with Crippen molar-refractivity contribution in [3.63, 3.8) is 0 Å². The van der Waals surface area contributed by atoms with Crippen molar-refractivity contribution in [1.29, 1.82) is 5.26 Å². The first-order valence-corrected chi connectivity index (χ1v) is 11.3. The Labute approximate surface area is 192 Å². The van der Waals surface area contributed by atoms with Crippen LogP contribution in [0.25, 0.3) is 21.9 Å². The normalized spacial score (nSPS) is 17.0. The van der Waals surface area contributed by atoms with Crippen LogP contribution in [0.15, 0.2) is 60.7 Å². The summed E-state index contributed by atoms with van der Waals surface area (Å²) in [6, 6.07) is 22.0. The van der Waals surface area contributed by atoms with Crippen LogP contribution in [-0.2, 0) is 11.2 Å². The lowest BCUT2D eigenvalue weighted by Crippen LogP contribution is -2.53. The van der Waals surface area contributed by atoms with Crippen LogP contribution in [0.3, 0.4) is 0 Å². The van der Waals surface area contributed by atoms with E-state index >= 15 is 0 Å². The number of fused-ring (bicyclic) bond motifs is 1. The molecule has 1 saturated carbocycles. The van der Waals surface area contributed by atoms with Crippen LogP contribution in [0.4, 0.5) is 0 Å². The molecule has 0 aromatic heterocycles. The van der Waals surface area contributed by atoms with Crippen LogP contribution in [0.2, 0.25) is 0 Å². The van der Waals surface area contributed by atoms with Gasteiger partial charge in [0.05, 0.1) is 12.5 Å². The van der Waals surface area contributed by atoms with Crippen LogP contribution < -0.4 is 0 Å². The molecule has 0 unspecified atom stereocenters. The van der Waals surface area contributed by atoms with E-state index in [1.54, 1.807) is 9.80 Å². The highest BCUT2D eigenvalue weighted by Crippen LogP contribution is 2.37. The van der Waals surface area contributed by atoms with Crippen LogP contribution in [0, 0.1) is 11.3 Å². The van der Waals surface area contributed by atoms with Gasteiger partial charge in [0, 0.05) is 31.7 Å². The molecule has 6 nitrogen and oxygen atoms in total. The Morgan fingerprint density at radius 3 is 2.24 bits per heavy atom. The third-order valence-corrected chi connectivity index (χ3v) is 6.68. The summed E-state index contributed by atoms with van der Waals surface area (Å²) in [6.07, 6.45) is 1.44. The van der Waals surface area contributed by atoms with E-state index in [4.69, 9.17) is 5.26 Å². The minimum atomic E-state index is -1.15. The molecule has 2 fully saturated rings. The zero-order chi connectivity index (χ0) is 23.0. The number of piperazine rings is 1. The summed E-state index contributed by atoms with van der Waals surface area (Å²) in [6.45, 7) is 1.84. The Hall–Kier alpha value is -3.69. The van der Waals surface area contributed by atoms with Gasteiger partial charge < -0.3 is 14.9 Å². The molecule has 33 heavy (non-hydrogen) atoms. The molecule has 2 aliphatic rings. The number of benzene rings is 3. The van der Waals surface area contributed by atoms with Crippen molar-refractivity contribution in [2.45, 2.75) is 24.9 Å². The third kappa shape index (κ3) is 4.08. The van der Waals surface area contributed by atoms with E-state index < -0.39 is 5.60 Å². The fraction of sp³-hybridized carbons (Fsp3) is 0.296. The second-order valence-electron chi connectivity index (χ2n) is 8.88. The summed E-state index contributed by atoms with van der Waals surface area (Å²) in [7, 11) is 0. The highest BCUT2D eigenvalue weighted by atomic mass is 16.3. The Bertz CT molecular complexity index is 1260. The molecule has 1 aliphatic carbocycles. The molecule has 3 aromatic rings. The Morgan fingerprint density at radius 1 is 0.909 bits per heavy atom. The maximum absolute atomic E-state index is 13.0. The maximum Gasteiger partial charge on any atom is 0.254 e. The highest BCUT2D eigenvalue weighted by molar-refractivity contribution is 5.96. The standard InChI is InChI=1S/C27H25N3O3/c28-13-10-21-3-1-2-20-6-9-23(18-24(20)21)19-4-7-22(8-5-19)25(31)29-14-16-30(17-15-29)26(32)27(33)11-12-27/h1-9,18,33H,10-12,14-17H2. The SMILES string of the molecule is N#CCc1cccc2ccc(-c3ccc(C(=O)N4CCN(C(=O)C5(O)CC5)CC4)cc3)cc12. The van der Waals surface area contributed by atoms with E-state index in [0.717, 1.165) is 27.5 Å². The first kappa shape index (κ1) is 21.2. The Kier molecular flexibility index (Phi) is 5.35. The van der Waals surface area contributed by atoms with Gasteiger partial charge in [-0.3, -0.25) is 9.59 Å². The fourth-order valence-corrected chi connectivity index (χ4v) is 4.48. The molecule has 1 N–H and O–H groups in total. The number of carbonyl (C=O) groups is 2. The smallest absolute Gasteiger partial charge is 0.254 e. The summed E-state index contributed by atoms with van der Waals surface area (Å²) in [5, 5.41) is 21.3. The summed E-state index contributed by atoms with van der Waals surface area (Å²) in [5.74, 6) is -0.249.